The summed E-state index contributed by atoms with van der Waals surface area (Å²) in [6.45, 7) is 3.89. The van der Waals surface area contributed by atoms with Crippen molar-refractivity contribution in [2.24, 2.45) is 0 Å². The number of nitrogens with one attached hydrogen (secondary N) is 1. The largest absolute Gasteiger partial charge is 0.381 e. The van der Waals surface area contributed by atoms with Crippen molar-refractivity contribution in [1.82, 2.24) is 34.8 Å². The standard InChI is InChI=1S/C26H28N8O4/c1-16-22(15-34(31-16)17-7-12-37-13-8-17)30-25-27-10-6-20(29-25)18-4-3-5-19(28-18)21-14-23(38-32-21)26(36)9-11-33(2)24(26)35/h3-6,10,14-15,17,36H,7-9,11-13H2,1-2H3,(H,27,29,30). The van der Waals surface area contributed by atoms with Crippen molar-refractivity contribution in [1.29, 1.82) is 0 Å². The van der Waals surface area contributed by atoms with Gasteiger partial charge in [0.15, 0.2) is 5.76 Å². The van der Waals surface area contributed by atoms with E-state index >= 15 is 0 Å². The van der Waals surface area contributed by atoms with Crippen LogP contribution < -0.4 is 5.32 Å². The molecule has 12 heteroatoms. The van der Waals surface area contributed by atoms with Crippen LogP contribution >= 0.6 is 0 Å². The number of likely N-dealkylation sites (tertiary alicyclic amines) is 1. The molecule has 38 heavy (non-hydrogen) atoms. The molecule has 0 saturated carbocycles. The van der Waals surface area contributed by atoms with Crippen LogP contribution in [0.1, 0.15) is 36.8 Å². The van der Waals surface area contributed by atoms with Gasteiger partial charge in [0, 0.05) is 51.7 Å². The van der Waals surface area contributed by atoms with E-state index in [1.165, 1.54) is 4.90 Å². The van der Waals surface area contributed by atoms with Gasteiger partial charge in [-0.25, -0.2) is 15.0 Å². The summed E-state index contributed by atoms with van der Waals surface area (Å²) in [5.41, 5.74) is 2.18. The Labute approximate surface area is 218 Å². The van der Waals surface area contributed by atoms with Crippen LogP contribution in [0.5, 0.6) is 0 Å². The number of carbonyl (C=O) groups is 1. The van der Waals surface area contributed by atoms with Gasteiger partial charge in [-0.3, -0.25) is 9.48 Å². The minimum Gasteiger partial charge on any atom is -0.381 e. The van der Waals surface area contributed by atoms with Gasteiger partial charge in [-0.15, -0.1) is 0 Å². The number of rotatable bonds is 6. The molecule has 2 N–H and O–H groups in total. The predicted molar refractivity (Wildman–Crippen MR) is 136 cm³/mol. The van der Waals surface area contributed by atoms with E-state index < -0.39 is 11.5 Å². The third-order valence-corrected chi connectivity index (χ3v) is 7.08. The van der Waals surface area contributed by atoms with Crippen LogP contribution in [0.25, 0.3) is 22.8 Å². The molecule has 6 heterocycles. The van der Waals surface area contributed by atoms with E-state index in [4.69, 9.17) is 14.2 Å². The highest BCUT2D eigenvalue weighted by molar-refractivity contribution is 5.87. The Morgan fingerprint density at radius 3 is 2.63 bits per heavy atom. The number of nitrogens with zero attached hydrogens (tertiary/aromatic N) is 7. The van der Waals surface area contributed by atoms with E-state index in [0.717, 1.165) is 37.4 Å². The Hall–Kier alpha value is -4.16. The number of pyridine rings is 1. The van der Waals surface area contributed by atoms with Crippen molar-refractivity contribution < 1.29 is 19.2 Å². The van der Waals surface area contributed by atoms with E-state index in [2.05, 4.69) is 25.5 Å². The molecule has 196 valence electrons. The first-order valence-electron chi connectivity index (χ1n) is 12.6. The summed E-state index contributed by atoms with van der Waals surface area (Å²) in [5, 5.41) is 22.9. The highest BCUT2D eigenvalue weighted by atomic mass is 16.5. The molecule has 2 fully saturated rings. The second-order valence-electron chi connectivity index (χ2n) is 9.66. The quantitative estimate of drug-likeness (QED) is 0.392. The Morgan fingerprint density at radius 1 is 1.11 bits per heavy atom. The minimum absolute atomic E-state index is 0.110. The molecule has 1 unspecified atom stereocenters. The first-order valence-corrected chi connectivity index (χ1v) is 12.6. The van der Waals surface area contributed by atoms with Crippen molar-refractivity contribution in [3.63, 3.8) is 0 Å². The lowest BCUT2D eigenvalue weighted by Gasteiger charge is -2.22. The molecule has 0 bridgehead atoms. The first-order chi connectivity index (χ1) is 18.4. The summed E-state index contributed by atoms with van der Waals surface area (Å²) >= 11 is 0. The number of carbonyl (C=O) groups excluding carboxylic acids is 1. The number of anilines is 2. The molecule has 6 rings (SSSR count). The Morgan fingerprint density at radius 2 is 1.87 bits per heavy atom. The summed E-state index contributed by atoms with van der Waals surface area (Å²) in [4.78, 5) is 27.6. The number of aliphatic hydroxyl groups is 1. The SMILES string of the molecule is Cc1nn(C2CCOCC2)cc1Nc1nccc(-c2cccc(-c3cc(C4(O)CCN(C)C4=O)on3)n2)n1. The van der Waals surface area contributed by atoms with Crippen molar-refractivity contribution in [3.05, 3.63) is 54.2 Å². The molecule has 0 spiro atoms. The number of hydrogen-bond donors (Lipinski definition) is 2. The maximum atomic E-state index is 12.4. The molecule has 0 radical (unpaired) electrons. The molecule has 1 atom stereocenters. The van der Waals surface area contributed by atoms with Crippen LogP contribution in [-0.2, 0) is 15.1 Å². The van der Waals surface area contributed by atoms with E-state index in [0.29, 0.717) is 41.3 Å². The molecule has 2 aliphatic rings. The number of amides is 1. The van der Waals surface area contributed by atoms with Gasteiger partial charge in [-0.1, -0.05) is 11.2 Å². The zero-order valence-corrected chi connectivity index (χ0v) is 21.2. The van der Waals surface area contributed by atoms with Gasteiger partial charge in [-0.2, -0.15) is 5.10 Å². The van der Waals surface area contributed by atoms with E-state index in [1.54, 1.807) is 31.4 Å². The van der Waals surface area contributed by atoms with Crippen LogP contribution in [0.3, 0.4) is 0 Å². The molecular weight excluding hydrogens is 488 g/mol. The predicted octanol–water partition coefficient (Wildman–Crippen LogP) is 2.84. The van der Waals surface area contributed by atoms with E-state index in [-0.39, 0.29) is 12.2 Å². The zero-order chi connectivity index (χ0) is 26.3. The van der Waals surface area contributed by atoms with Crippen molar-refractivity contribution in [2.75, 3.05) is 32.1 Å². The van der Waals surface area contributed by atoms with Gasteiger partial charge < -0.3 is 24.6 Å². The fourth-order valence-corrected chi connectivity index (χ4v) is 4.82. The van der Waals surface area contributed by atoms with Gasteiger partial charge in [0.25, 0.3) is 5.91 Å². The summed E-state index contributed by atoms with van der Waals surface area (Å²) in [6, 6.07) is 9.13. The molecule has 1 amide bonds. The summed E-state index contributed by atoms with van der Waals surface area (Å²) < 4.78 is 12.8. The highest BCUT2D eigenvalue weighted by Crippen LogP contribution is 2.34. The van der Waals surface area contributed by atoms with Gasteiger partial charge in [0.1, 0.15) is 5.69 Å². The summed E-state index contributed by atoms with van der Waals surface area (Å²) in [6.07, 6.45) is 5.78. The minimum atomic E-state index is -1.71. The lowest BCUT2D eigenvalue weighted by molar-refractivity contribution is -0.144. The van der Waals surface area contributed by atoms with Gasteiger partial charge in [-0.05, 0) is 38.0 Å². The number of aryl methyl sites for hydroxylation is 1. The second-order valence-corrected chi connectivity index (χ2v) is 9.66. The third-order valence-electron chi connectivity index (χ3n) is 7.08. The molecule has 0 aromatic carbocycles. The number of hydrogen-bond acceptors (Lipinski definition) is 10. The average molecular weight is 517 g/mol. The first kappa shape index (κ1) is 24.2. The molecule has 0 aliphatic carbocycles. The molecule has 4 aromatic heterocycles. The lowest BCUT2D eigenvalue weighted by Crippen LogP contribution is -2.35. The van der Waals surface area contributed by atoms with Crippen molar-refractivity contribution >= 4 is 17.5 Å². The maximum absolute atomic E-state index is 12.4. The van der Waals surface area contributed by atoms with Crippen molar-refractivity contribution in [3.8, 4) is 22.8 Å². The van der Waals surface area contributed by atoms with Crippen LogP contribution in [0, 0.1) is 6.92 Å². The topological polar surface area (TPSA) is 144 Å². The Balaban J connectivity index is 1.22. The fourth-order valence-electron chi connectivity index (χ4n) is 4.82. The van der Waals surface area contributed by atoms with E-state index in [9.17, 15) is 9.90 Å². The fraction of sp³-hybridized carbons (Fsp3) is 0.385. The molecule has 2 saturated heterocycles. The Kier molecular flexibility index (Phi) is 6.12. The third kappa shape index (κ3) is 4.41. The van der Waals surface area contributed by atoms with Crippen molar-refractivity contribution in [2.45, 2.75) is 37.8 Å². The van der Waals surface area contributed by atoms with Gasteiger partial charge in [0.2, 0.25) is 11.5 Å². The van der Waals surface area contributed by atoms with Crippen LogP contribution in [0.2, 0.25) is 0 Å². The summed E-state index contributed by atoms with van der Waals surface area (Å²) in [5.74, 6) is 0.134. The maximum Gasteiger partial charge on any atom is 0.262 e. The zero-order valence-electron chi connectivity index (χ0n) is 21.2. The van der Waals surface area contributed by atoms with Gasteiger partial charge >= 0.3 is 0 Å². The number of aromatic nitrogens is 6. The Bertz CT molecular complexity index is 1480. The second kappa shape index (κ2) is 9.62. The molecule has 4 aromatic rings. The van der Waals surface area contributed by atoms with Crippen LogP contribution in [0.15, 0.2) is 47.2 Å². The normalized spacial score (nSPS) is 20.3. The lowest BCUT2D eigenvalue weighted by atomic mass is 9.98. The van der Waals surface area contributed by atoms with E-state index in [1.807, 2.05) is 29.9 Å². The average Bonchev–Trinajstić information content (AvgIpc) is 3.66. The van der Waals surface area contributed by atoms with Gasteiger partial charge in [0.05, 0.1) is 34.5 Å². The number of likely N-dealkylation sites (N-methyl/N-ethyl adjacent to an activating group) is 1. The summed E-state index contributed by atoms with van der Waals surface area (Å²) in [7, 11) is 1.65. The number of ether oxygens (including phenoxy) is 1. The monoisotopic (exact) mass is 516 g/mol. The van der Waals surface area contributed by atoms with Crippen LogP contribution in [0.4, 0.5) is 11.6 Å². The smallest absolute Gasteiger partial charge is 0.262 e. The highest BCUT2D eigenvalue weighted by Gasteiger charge is 2.48. The van der Waals surface area contributed by atoms with Crippen LogP contribution in [-0.4, -0.2) is 72.6 Å². The molecular formula is C26H28N8O4. The molecule has 2 aliphatic heterocycles. The molecule has 12 nitrogen and oxygen atoms in total.